The van der Waals surface area contributed by atoms with Crippen molar-refractivity contribution < 1.29 is 19.1 Å². The summed E-state index contributed by atoms with van der Waals surface area (Å²) in [5.74, 6) is 1.38. The minimum Gasteiger partial charge on any atom is -0.454 e. The zero-order valence-electron chi connectivity index (χ0n) is 15.4. The van der Waals surface area contributed by atoms with Crippen LogP contribution in [0.15, 0.2) is 36.5 Å². The van der Waals surface area contributed by atoms with Crippen molar-refractivity contribution in [1.29, 1.82) is 0 Å². The van der Waals surface area contributed by atoms with Gasteiger partial charge in [0, 0.05) is 18.7 Å². The molecule has 0 saturated carbocycles. The third kappa shape index (κ3) is 4.16. The monoisotopic (exact) mass is 382 g/mol. The van der Waals surface area contributed by atoms with E-state index < -0.39 is 0 Å². The molecule has 0 atom stereocenters. The van der Waals surface area contributed by atoms with Crippen molar-refractivity contribution in [2.24, 2.45) is 0 Å². The normalized spacial score (nSPS) is 15.2. The molecule has 1 aromatic carbocycles. The molecule has 1 aromatic heterocycles. The Kier molecular flexibility index (Phi) is 5.27. The van der Waals surface area contributed by atoms with Crippen LogP contribution in [0.4, 0.5) is 11.5 Å². The number of amides is 2. The molecule has 8 heteroatoms. The molecule has 0 radical (unpaired) electrons. The number of hydrogen-bond donors (Lipinski definition) is 2. The Labute approximate surface area is 162 Å². The first kappa shape index (κ1) is 18.1. The molecule has 1 saturated heterocycles. The topological polar surface area (TPSA) is 92.8 Å². The summed E-state index contributed by atoms with van der Waals surface area (Å²) in [4.78, 5) is 31.0. The number of ether oxygens (including phenoxy) is 2. The van der Waals surface area contributed by atoms with Crippen LogP contribution in [-0.2, 0) is 4.79 Å². The Morgan fingerprint density at radius 3 is 2.64 bits per heavy atom. The van der Waals surface area contributed by atoms with Crippen LogP contribution in [0.1, 0.15) is 29.6 Å². The molecule has 2 aliphatic rings. The van der Waals surface area contributed by atoms with Crippen LogP contribution < -0.4 is 25.0 Å². The van der Waals surface area contributed by atoms with Crippen LogP contribution in [0.5, 0.6) is 11.5 Å². The number of nitrogens with zero attached hydrogens (tertiary/aromatic N) is 2. The van der Waals surface area contributed by atoms with Gasteiger partial charge >= 0.3 is 0 Å². The summed E-state index contributed by atoms with van der Waals surface area (Å²) in [6.45, 7) is 2.05. The van der Waals surface area contributed by atoms with E-state index in [0.717, 1.165) is 18.9 Å². The highest BCUT2D eigenvalue weighted by atomic mass is 16.7. The van der Waals surface area contributed by atoms with E-state index in [1.165, 1.54) is 19.3 Å². The first-order valence-electron chi connectivity index (χ1n) is 9.38. The number of carbonyl (C=O) groups excluding carboxylic acids is 2. The van der Waals surface area contributed by atoms with Crippen LogP contribution in [0.2, 0.25) is 0 Å². The maximum absolute atomic E-state index is 12.2. The van der Waals surface area contributed by atoms with Crippen LogP contribution in [-0.4, -0.2) is 43.2 Å². The van der Waals surface area contributed by atoms with Gasteiger partial charge in [-0.15, -0.1) is 0 Å². The summed E-state index contributed by atoms with van der Waals surface area (Å²) in [6, 6.07) is 8.64. The molecule has 3 heterocycles. The van der Waals surface area contributed by atoms with Crippen molar-refractivity contribution in [2.45, 2.75) is 19.3 Å². The molecular weight excluding hydrogens is 360 g/mol. The lowest BCUT2D eigenvalue weighted by Crippen LogP contribution is -2.33. The summed E-state index contributed by atoms with van der Waals surface area (Å²) in [5.41, 5.74) is 1.01. The lowest BCUT2D eigenvalue weighted by molar-refractivity contribution is -0.115. The third-order valence-corrected chi connectivity index (χ3v) is 4.76. The second-order valence-electron chi connectivity index (χ2n) is 6.75. The van der Waals surface area contributed by atoms with E-state index in [0.29, 0.717) is 22.7 Å². The largest absolute Gasteiger partial charge is 0.454 e. The van der Waals surface area contributed by atoms with Crippen molar-refractivity contribution in [3.05, 3.63) is 42.1 Å². The number of rotatable bonds is 5. The van der Waals surface area contributed by atoms with Crippen LogP contribution in [0.25, 0.3) is 0 Å². The van der Waals surface area contributed by atoms with Gasteiger partial charge in [-0.1, -0.05) is 0 Å². The van der Waals surface area contributed by atoms with E-state index in [1.54, 1.807) is 24.4 Å². The molecule has 0 aliphatic carbocycles. The molecule has 4 rings (SSSR count). The quantitative estimate of drug-likeness (QED) is 0.823. The average molecular weight is 382 g/mol. The number of fused-ring (bicyclic) bond motifs is 1. The molecule has 2 amide bonds. The Bertz CT molecular complexity index is 863. The lowest BCUT2D eigenvalue weighted by Gasteiger charge is -2.27. The fourth-order valence-electron chi connectivity index (χ4n) is 3.28. The first-order chi connectivity index (χ1) is 13.7. The van der Waals surface area contributed by atoms with Gasteiger partial charge in [-0.25, -0.2) is 4.98 Å². The van der Waals surface area contributed by atoms with Crippen molar-refractivity contribution in [2.75, 3.05) is 36.6 Å². The van der Waals surface area contributed by atoms with Crippen LogP contribution in [0.3, 0.4) is 0 Å². The standard InChI is InChI=1S/C20H22N4O4/c25-19(12-22-20(26)14-4-6-16-17(10-14)28-13-27-16)23-15-5-7-18(21-11-15)24-8-2-1-3-9-24/h4-7,10-11H,1-3,8-9,12-13H2,(H,22,26)(H,23,25). The van der Waals surface area contributed by atoms with Gasteiger partial charge in [0.05, 0.1) is 18.4 Å². The van der Waals surface area contributed by atoms with Gasteiger partial charge in [0.2, 0.25) is 12.7 Å². The van der Waals surface area contributed by atoms with E-state index in [1.807, 2.05) is 12.1 Å². The smallest absolute Gasteiger partial charge is 0.251 e. The Hall–Kier alpha value is -3.29. The maximum atomic E-state index is 12.2. The maximum Gasteiger partial charge on any atom is 0.251 e. The predicted octanol–water partition coefficient (Wildman–Crippen LogP) is 2.17. The van der Waals surface area contributed by atoms with Gasteiger partial charge in [-0.3, -0.25) is 9.59 Å². The summed E-state index contributed by atoms with van der Waals surface area (Å²) < 4.78 is 10.5. The minimum atomic E-state index is -0.355. The Morgan fingerprint density at radius 2 is 1.86 bits per heavy atom. The fraction of sp³-hybridized carbons (Fsp3) is 0.350. The molecule has 2 aliphatic heterocycles. The highest BCUT2D eigenvalue weighted by Gasteiger charge is 2.17. The number of benzene rings is 1. The molecule has 0 unspecified atom stereocenters. The minimum absolute atomic E-state index is 0.138. The number of hydrogen-bond acceptors (Lipinski definition) is 6. The molecule has 2 N–H and O–H groups in total. The summed E-state index contributed by atoms with van der Waals surface area (Å²) >= 11 is 0. The molecule has 0 spiro atoms. The molecule has 28 heavy (non-hydrogen) atoms. The van der Waals surface area contributed by atoms with Crippen molar-refractivity contribution in [3.8, 4) is 11.5 Å². The van der Waals surface area contributed by atoms with Gasteiger partial charge in [0.1, 0.15) is 5.82 Å². The summed E-state index contributed by atoms with van der Waals surface area (Å²) in [7, 11) is 0. The molecule has 0 bridgehead atoms. The zero-order chi connectivity index (χ0) is 19.3. The second-order valence-corrected chi connectivity index (χ2v) is 6.75. The molecule has 2 aromatic rings. The van der Waals surface area contributed by atoms with E-state index in [4.69, 9.17) is 9.47 Å². The van der Waals surface area contributed by atoms with Gasteiger partial charge in [0.15, 0.2) is 11.5 Å². The molecule has 1 fully saturated rings. The third-order valence-electron chi connectivity index (χ3n) is 4.76. The van der Waals surface area contributed by atoms with Gasteiger partial charge in [-0.2, -0.15) is 0 Å². The van der Waals surface area contributed by atoms with E-state index >= 15 is 0 Å². The van der Waals surface area contributed by atoms with Crippen molar-refractivity contribution in [1.82, 2.24) is 10.3 Å². The highest BCUT2D eigenvalue weighted by molar-refractivity contribution is 5.99. The Morgan fingerprint density at radius 1 is 1.04 bits per heavy atom. The summed E-state index contributed by atoms with van der Waals surface area (Å²) in [6.07, 6.45) is 5.27. The number of nitrogens with one attached hydrogen (secondary N) is 2. The molecule has 146 valence electrons. The first-order valence-corrected chi connectivity index (χ1v) is 9.38. The van der Waals surface area contributed by atoms with Crippen LogP contribution in [0, 0.1) is 0 Å². The van der Waals surface area contributed by atoms with E-state index in [2.05, 4.69) is 20.5 Å². The number of pyridine rings is 1. The Balaban J connectivity index is 1.27. The van der Waals surface area contributed by atoms with E-state index in [9.17, 15) is 9.59 Å². The number of aromatic nitrogens is 1. The second kappa shape index (κ2) is 8.16. The summed E-state index contributed by atoms with van der Waals surface area (Å²) in [5, 5.41) is 5.34. The number of carbonyl (C=O) groups is 2. The lowest BCUT2D eigenvalue weighted by atomic mass is 10.1. The average Bonchev–Trinajstić information content (AvgIpc) is 3.21. The van der Waals surface area contributed by atoms with Crippen molar-refractivity contribution in [3.63, 3.8) is 0 Å². The zero-order valence-corrected chi connectivity index (χ0v) is 15.4. The van der Waals surface area contributed by atoms with Crippen molar-refractivity contribution >= 4 is 23.3 Å². The van der Waals surface area contributed by atoms with Crippen LogP contribution >= 0.6 is 0 Å². The number of piperidine rings is 1. The van der Waals surface area contributed by atoms with Gasteiger partial charge in [0.25, 0.3) is 5.91 Å². The molecule has 8 nitrogen and oxygen atoms in total. The van der Waals surface area contributed by atoms with E-state index in [-0.39, 0.29) is 25.2 Å². The molecular formula is C20H22N4O4. The van der Waals surface area contributed by atoms with Gasteiger partial charge < -0.3 is 25.0 Å². The fourth-order valence-corrected chi connectivity index (χ4v) is 3.28. The highest BCUT2D eigenvalue weighted by Crippen LogP contribution is 2.32. The van der Waals surface area contributed by atoms with Gasteiger partial charge in [-0.05, 0) is 49.6 Å². The SMILES string of the molecule is O=C(CNC(=O)c1ccc2c(c1)OCO2)Nc1ccc(N2CCCCC2)nc1. The predicted molar refractivity (Wildman–Crippen MR) is 104 cm³/mol. The number of anilines is 2.